The van der Waals surface area contributed by atoms with Crippen molar-refractivity contribution in [2.75, 3.05) is 0 Å². The van der Waals surface area contributed by atoms with Gasteiger partial charge in [0.05, 0.1) is 5.69 Å². The van der Waals surface area contributed by atoms with E-state index in [1.807, 2.05) is 49.4 Å². The van der Waals surface area contributed by atoms with E-state index < -0.39 is 0 Å². The smallest absolute Gasteiger partial charge is 0.105 e. The number of nitrogens with two attached hydrogens (primary N) is 1. The van der Waals surface area contributed by atoms with E-state index >= 15 is 0 Å². The molecular formula is C13H12N2S. The Hall–Kier alpha value is -1.74. The van der Waals surface area contributed by atoms with Gasteiger partial charge in [0.1, 0.15) is 4.99 Å². The first-order valence-electron chi connectivity index (χ1n) is 5.01. The summed E-state index contributed by atoms with van der Waals surface area (Å²) >= 11 is 4.95. The SMILES string of the molecule is Cc1nc(-c2ccccc2)ccc1C(N)=S. The lowest BCUT2D eigenvalue weighted by Crippen LogP contribution is -2.12. The first-order valence-corrected chi connectivity index (χ1v) is 5.42. The Bertz CT molecular complexity index is 521. The number of nitrogens with zero attached hydrogens (tertiary/aromatic N) is 1. The zero-order valence-corrected chi connectivity index (χ0v) is 9.79. The van der Waals surface area contributed by atoms with Crippen molar-refractivity contribution in [3.63, 3.8) is 0 Å². The van der Waals surface area contributed by atoms with Crippen LogP contribution in [0, 0.1) is 6.92 Å². The van der Waals surface area contributed by atoms with Crippen molar-refractivity contribution >= 4 is 17.2 Å². The van der Waals surface area contributed by atoms with Crippen LogP contribution in [0.1, 0.15) is 11.3 Å². The molecule has 0 aliphatic rings. The van der Waals surface area contributed by atoms with Crippen LogP contribution < -0.4 is 5.73 Å². The Balaban J connectivity index is 2.46. The fraction of sp³-hybridized carbons (Fsp3) is 0.0769. The summed E-state index contributed by atoms with van der Waals surface area (Å²) in [5, 5.41) is 0. The molecule has 1 aromatic heterocycles. The van der Waals surface area contributed by atoms with Gasteiger partial charge in [-0.25, -0.2) is 0 Å². The van der Waals surface area contributed by atoms with E-state index in [0.29, 0.717) is 4.99 Å². The van der Waals surface area contributed by atoms with E-state index in [0.717, 1.165) is 22.5 Å². The number of benzene rings is 1. The zero-order valence-electron chi connectivity index (χ0n) is 8.97. The fourth-order valence-corrected chi connectivity index (χ4v) is 1.81. The van der Waals surface area contributed by atoms with Gasteiger partial charge in [-0.05, 0) is 19.1 Å². The maximum absolute atomic E-state index is 5.59. The molecule has 16 heavy (non-hydrogen) atoms. The Morgan fingerprint density at radius 1 is 1.12 bits per heavy atom. The molecule has 2 aromatic rings. The Morgan fingerprint density at radius 3 is 2.38 bits per heavy atom. The Morgan fingerprint density at radius 2 is 1.81 bits per heavy atom. The summed E-state index contributed by atoms with van der Waals surface area (Å²) in [6.07, 6.45) is 0. The highest BCUT2D eigenvalue weighted by molar-refractivity contribution is 7.80. The molecule has 0 saturated carbocycles. The highest BCUT2D eigenvalue weighted by atomic mass is 32.1. The molecule has 2 nitrogen and oxygen atoms in total. The van der Waals surface area contributed by atoms with Gasteiger partial charge < -0.3 is 5.73 Å². The second kappa shape index (κ2) is 4.41. The zero-order chi connectivity index (χ0) is 11.5. The predicted molar refractivity (Wildman–Crippen MR) is 70.3 cm³/mol. The lowest BCUT2D eigenvalue weighted by molar-refractivity contribution is 1.19. The number of hydrogen-bond donors (Lipinski definition) is 1. The average molecular weight is 228 g/mol. The molecule has 2 rings (SSSR count). The van der Waals surface area contributed by atoms with Crippen LogP contribution in [0.5, 0.6) is 0 Å². The van der Waals surface area contributed by atoms with Gasteiger partial charge >= 0.3 is 0 Å². The van der Waals surface area contributed by atoms with Crippen molar-refractivity contribution in [1.29, 1.82) is 0 Å². The van der Waals surface area contributed by atoms with E-state index in [9.17, 15) is 0 Å². The van der Waals surface area contributed by atoms with Crippen molar-refractivity contribution in [2.24, 2.45) is 5.73 Å². The van der Waals surface area contributed by atoms with Crippen LogP contribution in [0.25, 0.3) is 11.3 Å². The van der Waals surface area contributed by atoms with Gasteiger partial charge in [0, 0.05) is 16.8 Å². The van der Waals surface area contributed by atoms with Crippen LogP contribution in [0.3, 0.4) is 0 Å². The summed E-state index contributed by atoms with van der Waals surface area (Å²) in [4.78, 5) is 4.89. The maximum atomic E-state index is 5.59. The minimum atomic E-state index is 0.393. The fourth-order valence-electron chi connectivity index (χ4n) is 1.59. The minimum absolute atomic E-state index is 0.393. The molecular weight excluding hydrogens is 216 g/mol. The molecule has 2 N–H and O–H groups in total. The molecule has 1 aromatic carbocycles. The third-order valence-corrected chi connectivity index (χ3v) is 2.64. The highest BCUT2D eigenvalue weighted by Crippen LogP contribution is 2.18. The van der Waals surface area contributed by atoms with Crippen LogP contribution in [0.15, 0.2) is 42.5 Å². The van der Waals surface area contributed by atoms with Crippen LogP contribution in [-0.4, -0.2) is 9.97 Å². The summed E-state index contributed by atoms with van der Waals surface area (Å²) in [7, 11) is 0. The van der Waals surface area contributed by atoms with E-state index in [2.05, 4.69) is 4.98 Å². The number of hydrogen-bond acceptors (Lipinski definition) is 2. The molecule has 0 radical (unpaired) electrons. The predicted octanol–water partition coefficient (Wildman–Crippen LogP) is 2.69. The van der Waals surface area contributed by atoms with Gasteiger partial charge in [0.25, 0.3) is 0 Å². The van der Waals surface area contributed by atoms with E-state index in [1.54, 1.807) is 0 Å². The van der Waals surface area contributed by atoms with Crippen LogP contribution in [0.4, 0.5) is 0 Å². The number of rotatable bonds is 2. The summed E-state index contributed by atoms with van der Waals surface area (Å²) in [5.41, 5.74) is 9.35. The summed E-state index contributed by atoms with van der Waals surface area (Å²) < 4.78 is 0. The van der Waals surface area contributed by atoms with Gasteiger partial charge in [-0.2, -0.15) is 0 Å². The minimum Gasteiger partial charge on any atom is -0.389 e. The number of aromatic nitrogens is 1. The number of pyridine rings is 1. The molecule has 1 heterocycles. The van der Waals surface area contributed by atoms with Gasteiger partial charge in [-0.3, -0.25) is 4.98 Å². The lowest BCUT2D eigenvalue weighted by Gasteiger charge is -2.06. The van der Waals surface area contributed by atoms with Crippen molar-refractivity contribution in [3.8, 4) is 11.3 Å². The second-order valence-corrected chi connectivity index (χ2v) is 4.00. The average Bonchev–Trinajstić information content (AvgIpc) is 2.29. The molecule has 0 bridgehead atoms. The quantitative estimate of drug-likeness (QED) is 0.803. The molecule has 0 unspecified atom stereocenters. The van der Waals surface area contributed by atoms with Gasteiger partial charge in [-0.1, -0.05) is 42.5 Å². The second-order valence-electron chi connectivity index (χ2n) is 3.56. The van der Waals surface area contributed by atoms with Crippen molar-refractivity contribution in [3.05, 3.63) is 53.7 Å². The van der Waals surface area contributed by atoms with E-state index in [4.69, 9.17) is 18.0 Å². The third kappa shape index (κ3) is 2.09. The first-order chi connectivity index (χ1) is 7.68. The number of aryl methyl sites for hydroxylation is 1. The summed E-state index contributed by atoms with van der Waals surface area (Å²) in [6, 6.07) is 13.9. The molecule has 0 aliphatic carbocycles. The Labute approximate surface area is 100 Å². The van der Waals surface area contributed by atoms with Crippen LogP contribution >= 0.6 is 12.2 Å². The van der Waals surface area contributed by atoms with Crippen molar-refractivity contribution in [1.82, 2.24) is 4.98 Å². The molecule has 0 atom stereocenters. The maximum Gasteiger partial charge on any atom is 0.105 e. The Kier molecular flexibility index (Phi) is 2.97. The molecule has 0 saturated heterocycles. The van der Waals surface area contributed by atoms with Gasteiger partial charge in [-0.15, -0.1) is 0 Å². The highest BCUT2D eigenvalue weighted by Gasteiger charge is 2.05. The van der Waals surface area contributed by atoms with Crippen LogP contribution in [0.2, 0.25) is 0 Å². The van der Waals surface area contributed by atoms with Gasteiger partial charge in [0.15, 0.2) is 0 Å². The molecule has 0 amide bonds. The summed E-state index contributed by atoms with van der Waals surface area (Å²) in [6.45, 7) is 1.92. The standard InChI is InChI=1S/C13H12N2S/c1-9-11(13(14)16)7-8-12(15-9)10-5-3-2-4-6-10/h2-8H,1H3,(H2,14,16). The first kappa shape index (κ1) is 10.8. The van der Waals surface area contributed by atoms with Crippen molar-refractivity contribution in [2.45, 2.75) is 6.92 Å². The molecule has 0 aliphatic heterocycles. The lowest BCUT2D eigenvalue weighted by atomic mass is 10.1. The van der Waals surface area contributed by atoms with Crippen molar-refractivity contribution < 1.29 is 0 Å². The third-order valence-electron chi connectivity index (χ3n) is 2.42. The topological polar surface area (TPSA) is 38.9 Å². The molecule has 0 spiro atoms. The summed E-state index contributed by atoms with van der Waals surface area (Å²) in [5.74, 6) is 0. The van der Waals surface area contributed by atoms with E-state index in [-0.39, 0.29) is 0 Å². The van der Waals surface area contributed by atoms with Crippen LogP contribution in [-0.2, 0) is 0 Å². The largest absolute Gasteiger partial charge is 0.389 e. The molecule has 80 valence electrons. The monoisotopic (exact) mass is 228 g/mol. The normalized spacial score (nSPS) is 10.1. The molecule has 0 fully saturated rings. The number of thiocarbonyl (C=S) groups is 1. The molecule has 3 heteroatoms. The van der Waals surface area contributed by atoms with E-state index in [1.165, 1.54) is 0 Å². The van der Waals surface area contributed by atoms with Gasteiger partial charge in [0.2, 0.25) is 0 Å².